The van der Waals surface area contributed by atoms with Gasteiger partial charge in [0.15, 0.2) is 9.84 Å². The Bertz CT molecular complexity index is 1050. The van der Waals surface area contributed by atoms with Crippen molar-refractivity contribution in [3.8, 4) is 0 Å². The van der Waals surface area contributed by atoms with E-state index < -0.39 is 15.3 Å². The van der Waals surface area contributed by atoms with Crippen molar-refractivity contribution in [2.75, 3.05) is 42.7 Å². The van der Waals surface area contributed by atoms with Gasteiger partial charge >= 0.3 is 5.97 Å². The van der Waals surface area contributed by atoms with Gasteiger partial charge < -0.3 is 19.7 Å². The van der Waals surface area contributed by atoms with Crippen LogP contribution in [0.4, 0.5) is 5.82 Å². The topological polar surface area (TPSA) is 125 Å². The summed E-state index contributed by atoms with van der Waals surface area (Å²) in [4.78, 5) is 26.9. The molecule has 2 aromatic rings. The van der Waals surface area contributed by atoms with Crippen molar-refractivity contribution in [2.45, 2.75) is 19.3 Å². The number of sulfone groups is 1. The van der Waals surface area contributed by atoms with Crippen LogP contribution in [-0.4, -0.2) is 72.3 Å². The molecule has 156 valence electrons. The molecule has 2 N–H and O–H groups in total. The second-order valence-electron chi connectivity index (χ2n) is 8.86. The number of carbonyl (C=O) groups excluding carboxylic acids is 1. The van der Waals surface area contributed by atoms with Crippen LogP contribution in [0.15, 0.2) is 18.6 Å². The molecule has 1 aliphatic carbocycles. The summed E-state index contributed by atoms with van der Waals surface area (Å²) in [5.74, 6) is 0.179. The minimum Gasteiger partial charge on any atom is -0.465 e. The number of esters is 1. The summed E-state index contributed by atoms with van der Waals surface area (Å²) in [5.41, 5.74) is -0.139. The predicted octanol–water partition coefficient (Wildman–Crippen LogP) is 0.515. The molecule has 29 heavy (non-hydrogen) atoms. The first kappa shape index (κ1) is 18.8. The minimum absolute atomic E-state index is 0.0340. The lowest BCUT2D eigenvalue weighted by Crippen LogP contribution is -2.54. The number of nitrogens with one attached hydrogen (secondary N) is 1. The van der Waals surface area contributed by atoms with E-state index in [1.165, 1.54) is 0 Å². The molecule has 0 bridgehead atoms. The second-order valence-corrected chi connectivity index (χ2v) is 10.9. The predicted molar refractivity (Wildman–Crippen MR) is 105 cm³/mol. The maximum atomic E-state index is 12.8. The van der Waals surface area contributed by atoms with Crippen LogP contribution in [0.25, 0.3) is 11.0 Å². The minimum atomic E-state index is -3.11. The van der Waals surface area contributed by atoms with Gasteiger partial charge in [-0.3, -0.25) is 4.79 Å². The van der Waals surface area contributed by atoms with Crippen molar-refractivity contribution in [3.05, 3.63) is 18.6 Å². The number of ether oxygens (including phenoxy) is 1. The zero-order valence-corrected chi connectivity index (χ0v) is 16.8. The Hall–Kier alpha value is -2.20. The number of hydrogen-bond donors (Lipinski definition) is 2. The molecular formula is C19H24N4O5S. The van der Waals surface area contributed by atoms with Crippen LogP contribution in [-0.2, 0) is 19.4 Å². The van der Waals surface area contributed by atoms with Crippen molar-refractivity contribution in [1.82, 2.24) is 15.0 Å². The van der Waals surface area contributed by atoms with E-state index in [2.05, 4.69) is 19.9 Å². The number of aromatic amines is 1. The Morgan fingerprint density at radius 1 is 1.34 bits per heavy atom. The van der Waals surface area contributed by atoms with Crippen molar-refractivity contribution >= 4 is 32.7 Å². The zero-order chi connectivity index (χ0) is 20.3. The normalized spacial score (nSPS) is 26.2. The number of anilines is 1. The van der Waals surface area contributed by atoms with Gasteiger partial charge in [0.2, 0.25) is 0 Å². The lowest BCUT2D eigenvalue weighted by atomic mass is 9.82. The molecule has 10 heteroatoms. The van der Waals surface area contributed by atoms with E-state index in [0.717, 1.165) is 36.2 Å². The maximum absolute atomic E-state index is 12.8. The van der Waals surface area contributed by atoms with Crippen molar-refractivity contribution < 1.29 is 23.1 Å². The van der Waals surface area contributed by atoms with Crippen molar-refractivity contribution in [3.63, 3.8) is 0 Å². The Labute approximate surface area is 168 Å². The third kappa shape index (κ3) is 3.18. The van der Waals surface area contributed by atoms with Crippen LogP contribution in [0.5, 0.6) is 0 Å². The smallest absolute Gasteiger partial charge is 0.309 e. The fraction of sp³-hybridized carbons (Fsp3) is 0.632. The van der Waals surface area contributed by atoms with E-state index in [4.69, 9.17) is 4.74 Å². The van der Waals surface area contributed by atoms with E-state index in [0.29, 0.717) is 13.0 Å². The van der Waals surface area contributed by atoms with E-state index >= 15 is 0 Å². The van der Waals surface area contributed by atoms with Crippen LogP contribution < -0.4 is 4.90 Å². The maximum Gasteiger partial charge on any atom is 0.309 e. The summed E-state index contributed by atoms with van der Waals surface area (Å²) >= 11 is 0. The molecule has 5 rings (SSSR count). The van der Waals surface area contributed by atoms with Gasteiger partial charge in [0.25, 0.3) is 0 Å². The molecule has 3 aliphatic rings. The lowest BCUT2D eigenvalue weighted by Gasteiger charge is -2.41. The first-order valence-corrected chi connectivity index (χ1v) is 11.7. The number of H-pyrrole nitrogens is 1. The number of piperidine rings is 1. The van der Waals surface area contributed by atoms with Gasteiger partial charge in [-0.25, -0.2) is 18.4 Å². The van der Waals surface area contributed by atoms with Crippen LogP contribution in [0.3, 0.4) is 0 Å². The molecule has 9 nitrogen and oxygen atoms in total. The van der Waals surface area contributed by atoms with E-state index in [9.17, 15) is 18.3 Å². The van der Waals surface area contributed by atoms with Gasteiger partial charge in [-0.15, -0.1) is 0 Å². The zero-order valence-electron chi connectivity index (χ0n) is 16.0. The first-order chi connectivity index (χ1) is 13.9. The summed E-state index contributed by atoms with van der Waals surface area (Å²) in [6.45, 7) is 1.11. The molecule has 4 heterocycles. The third-order valence-corrected chi connectivity index (χ3v) is 8.75. The average Bonchev–Trinajstić information content (AvgIpc) is 3.26. The van der Waals surface area contributed by atoms with Crippen LogP contribution in [0.2, 0.25) is 0 Å². The highest BCUT2D eigenvalue weighted by Gasteiger charge is 2.57. The molecule has 0 radical (unpaired) electrons. The monoisotopic (exact) mass is 420 g/mol. The Kier molecular flexibility index (Phi) is 4.15. The standard InChI is InChI=1S/C19H24N4O5S/c24-8-18(10-29(26,27)11-18)9-28-17(25)14-2-6-23(7-19(14)3-4-19)16-13-1-5-20-15(13)21-12-22-16/h1,5,12,14,24H,2-4,6-11H2,(H,20,21,22)/t14-/m1/s1. The molecular weight excluding hydrogens is 396 g/mol. The number of carbonyl (C=O) groups is 1. The number of aliphatic hydroxyl groups excluding tert-OH is 1. The molecule has 0 amide bonds. The summed E-state index contributed by atoms with van der Waals surface area (Å²) in [6.07, 6.45) is 5.99. The lowest BCUT2D eigenvalue weighted by molar-refractivity contribution is -0.155. The molecule has 3 fully saturated rings. The van der Waals surface area contributed by atoms with Gasteiger partial charge in [0.1, 0.15) is 24.4 Å². The molecule has 2 aromatic heterocycles. The Morgan fingerprint density at radius 2 is 2.14 bits per heavy atom. The van der Waals surface area contributed by atoms with Crippen LogP contribution >= 0.6 is 0 Å². The van der Waals surface area contributed by atoms with Crippen molar-refractivity contribution in [2.24, 2.45) is 16.7 Å². The van der Waals surface area contributed by atoms with Crippen LogP contribution in [0, 0.1) is 16.7 Å². The number of aliphatic hydroxyl groups is 1. The van der Waals surface area contributed by atoms with Gasteiger partial charge in [0.05, 0.1) is 34.8 Å². The first-order valence-electron chi connectivity index (χ1n) is 9.86. The molecule has 1 atom stereocenters. The van der Waals surface area contributed by atoms with E-state index in [1.807, 2.05) is 12.3 Å². The van der Waals surface area contributed by atoms with E-state index in [-0.39, 0.29) is 42.0 Å². The molecule has 2 aliphatic heterocycles. The fourth-order valence-corrected chi connectivity index (χ4v) is 7.05. The van der Waals surface area contributed by atoms with Gasteiger partial charge in [-0.2, -0.15) is 0 Å². The largest absolute Gasteiger partial charge is 0.465 e. The fourth-order valence-electron chi connectivity index (χ4n) is 4.92. The van der Waals surface area contributed by atoms with Gasteiger partial charge in [-0.05, 0) is 25.3 Å². The molecule has 0 unspecified atom stereocenters. The number of aromatic nitrogens is 3. The SMILES string of the molecule is O=C(OCC1(CO)CS(=O)(=O)C1)[C@H]1CCN(c2ncnc3[nH]ccc23)CC12CC2. The molecule has 2 saturated heterocycles. The quantitative estimate of drug-likeness (QED) is 0.671. The highest BCUT2D eigenvalue weighted by molar-refractivity contribution is 7.92. The Balaban J connectivity index is 1.27. The third-order valence-electron chi connectivity index (χ3n) is 6.65. The number of hydrogen-bond acceptors (Lipinski definition) is 8. The second kappa shape index (κ2) is 6.40. The molecule has 0 aromatic carbocycles. The molecule has 1 saturated carbocycles. The van der Waals surface area contributed by atoms with E-state index in [1.54, 1.807) is 6.33 Å². The highest BCUT2D eigenvalue weighted by atomic mass is 32.2. The number of rotatable bonds is 5. The summed E-state index contributed by atoms with van der Waals surface area (Å²) < 4.78 is 28.5. The summed E-state index contributed by atoms with van der Waals surface area (Å²) in [5, 5.41) is 10.5. The summed E-state index contributed by atoms with van der Waals surface area (Å²) in [7, 11) is -3.11. The number of nitrogens with zero attached hydrogens (tertiary/aromatic N) is 3. The Morgan fingerprint density at radius 3 is 2.83 bits per heavy atom. The van der Waals surface area contributed by atoms with Crippen molar-refractivity contribution in [1.29, 1.82) is 0 Å². The number of fused-ring (bicyclic) bond motifs is 1. The highest BCUT2D eigenvalue weighted by Crippen LogP contribution is 2.56. The van der Waals surface area contributed by atoms with Gasteiger partial charge in [0, 0.05) is 24.7 Å². The average molecular weight is 420 g/mol. The van der Waals surface area contributed by atoms with Crippen LogP contribution in [0.1, 0.15) is 19.3 Å². The van der Waals surface area contributed by atoms with Gasteiger partial charge in [-0.1, -0.05) is 0 Å². The summed E-state index contributed by atoms with van der Waals surface area (Å²) in [6, 6.07) is 1.96. The molecule has 1 spiro atoms.